The molecule has 4 aromatic rings. The number of carbonyl (C=O) groups excluding carboxylic acids is 1. The SMILES string of the molecule is C=CC(=O)N1C[C@H](C)N(c2nc(=O)n(-c3c(SC)ccnc3C(C)C)c3nc(-c4c(N)c(C)cc(F)c4F)c(Cl)cc23)C[C@H]1C. The van der Waals surface area contributed by atoms with Crippen molar-refractivity contribution in [1.82, 2.24) is 24.4 Å². The first kappa shape index (κ1) is 32.4. The van der Waals surface area contributed by atoms with Gasteiger partial charge in [-0.1, -0.05) is 32.0 Å². The smallest absolute Gasteiger partial charge is 0.355 e. The monoisotopic (exact) mass is 653 g/mol. The number of hydrogen-bond donors (Lipinski definition) is 1. The minimum Gasteiger partial charge on any atom is -0.398 e. The zero-order valence-electron chi connectivity index (χ0n) is 25.9. The zero-order valence-corrected chi connectivity index (χ0v) is 27.4. The van der Waals surface area contributed by atoms with E-state index in [0.29, 0.717) is 41.2 Å². The fourth-order valence-corrected chi connectivity index (χ4v) is 6.64. The Bertz CT molecular complexity index is 1890. The van der Waals surface area contributed by atoms with Crippen LogP contribution in [0, 0.1) is 18.6 Å². The maximum atomic E-state index is 15.4. The van der Waals surface area contributed by atoms with Crippen LogP contribution < -0.4 is 16.3 Å². The largest absolute Gasteiger partial charge is 0.398 e. The van der Waals surface area contributed by atoms with Crippen molar-refractivity contribution >= 4 is 51.8 Å². The molecule has 0 spiro atoms. The highest BCUT2D eigenvalue weighted by molar-refractivity contribution is 7.98. The van der Waals surface area contributed by atoms with Crippen molar-refractivity contribution < 1.29 is 13.6 Å². The summed E-state index contributed by atoms with van der Waals surface area (Å²) in [6.45, 7) is 13.6. The van der Waals surface area contributed by atoms with Crippen LogP contribution in [0.15, 0.2) is 46.7 Å². The second-order valence-electron chi connectivity index (χ2n) is 11.5. The quantitative estimate of drug-likeness (QED) is 0.151. The number of nitrogen functional groups attached to an aromatic ring is 1. The topological polar surface area (TPSA) is 110 Å². The summed E-state index contributed by atoms with van der Waals surface area (Å²) >= 11 is 8.23. The van der Waals surface area contributed by atoms with Crippen molar-refractivity contribution in [3.63, 3.8) is 0 Å². The Kier molecular flexibility index (Phi) is 8.92. The van der Waals surface area contributed by atoms with Gasteiger partial charge in [-0.15, -0.1) is 11.8 Å². The lowest BCUT2D eigenvalue weighted by atomic mass is 10.0. The van der Waals surface area contributed by atoms with Crippen molar-refractivity contribution in [3.8, 4) is 16.9 Å². The van der Waals surface area contributed by atoms with E-state index in [4.69, 9.17) is 22.3 Å². The molecular formula is C32H34ClF2N7O2S. The number of benzene rings is 1. The van der Waals surface area contributed by atoms with Crippen molar-refractivity contribution in [1.29, 1.82) is 0 Å². The lowest BCUT2D eigenvalue weighted by molar-refractivity contribution is -0.128. The van der Waals surface area contributed by atoms with Gasteiger partial charge in [0.25, 0.3) is 0 Å². The maximum Gasteiger partial charge on any atom is 0.355 e. The van der Waals surface area contributed by atoms with Crippen LogP contribution in [0.4, 0.5) is 20.3 Å². The standard InChI is InChI=1S/C32H34ClF2N7O2S/c1-8-23(43)40-13-18(6)41(14-17(40)5)30-19-12-20(33)28(24-25(35)21(34)11-16(4)26(24)36)38-31(19)42(32(44)39-30)29-22(45-7)9-10-37-27(29)15(2)3/h8-12,15,17-18H,1,13-14,36H2,2-7H3/t17-,18+/m1/s1. The van der Waals surface area contributed by atoms with Gasteiger partial charge < -0.3 is 15.5 Å². The number of nitrogens with zero attached hydrogens (tertiary/aromatic N) is 6. The number of anilines is 2. The summed E-state index contributed by atoms with van der Waals surface area (Å²) in [5.74, 6) is -2.27. The minimum atomic E-state index is -1.20. The third-order valence-corrected chi connectivity index (χ3v) is 9.18. The molecule has 2 atom stereocenters. The number of amides is 1. The molecule has 1 saturated heterocycles. The fraction of sp³-hybridized carbons (Fsp3) is 0.344. The molecule has 0 unspecified atom stereocenters. The molecule has 1 aromatic carbocycles. The molecule has 4 heterocycles. The van der Waals surface area contributed by atoms with E-state index in [9.17, 15) is 14.0 Å². The van der Waals surface area contributed by atoms with E-state index in [1.54, 1.807) is 30.2 Å². The Labute approximate surface area is 269 Å². The molecule has 13 heteroatoms. The molecule has 1 amide bonds. The Morgan fingerprint density at radius 1 is 1.20 bits per heavy atom. The van der Waals surface area contributed by atoms with Crippen molar-refractivity contribution in [3.05, 3.63) is 75.4 Å². The van der Waals surface area contributed by atoms with E-state index in [2.05, 4.69) is 16.5 Å². The number of carbonyl (C=O) groups is 1. The van der Waals surface area contributed by atoms with E-state index in [-0.39, 0.29) is 51.5 Å². The van der Waals surface area contributed by atoms with Gasteiger partial charge >= 0.3 is 5.69 Å². The summed E-state index contributed by atoms with van der Waals surface area (Å²) in [6.07, 6.45) is 4.84. The van der Waals surface area contributed by atoms with E-state index >= 15 is 4.39 Å². The van der Waals surface area contributed by atoms with Crippen LogP contribution in [-0.2, 0) is 4.79 Å². The van der Waals surface area contributed by atoms with Crippen LogP contribution in [0.25, 0.3) is 28.0 Å². The molecule has 2 N–H and O–H groups in total. The van der Waals surface area contributed by atoms with Crippen molar-refractivity contribution in [2.75, 3.05) is 30.0 Å². The molecule has 1 fully saturated rings. The predicted molar refractivity (Wildman–Crippen MR) is 176 cm³/mol. The Morgan fingerprint density at radius 2 is 1.91 bits per heavy atom. The predicted octanol–water partition coefficient (Wildman–Crippen LogP) is 6.12. The van der Waals surface area contributed by atoms with E-state index < -0.39 is 17.3 Å². The maximum absolute atomic E-state index is 15.4. The second-order valence-corrected chi connectivity index (χ2v) is 12.7. The Balaban J connectivity index is 1.89. The average molecular weight is 654 g/mol. The summed E-state index contributed by atoms with van der Waals surface area (Å²) in [4.78, 5) is 45.1. The molecule has 45 heavy (non-hydrogen) atoms. The van der Waals surface area contributed by atoms with Gasteiger partial charge in [-0.05, 0) is 62.8 Å². The molecule has 3 aromatic heterocycles. The van der Waals surface area contributed by atoms with Crippen LogP contribution >= 0.6 is 23.4 Å². The number of aromatic nitrogens is 4. The van der Waals surface area contributed by atoms with E-state index in [0.717, 1.165) is 11.0 Å². The minimum absolute atomic E-state index is 0.00659. The van der Waals surface area contributed by atoms with Gasteiger partial charge in [0, 0.05) is 42.0 Å². The number of thioether (sulfide) groups is 1. The normalized spacial score (nSPS) is 16.9. The highest BCUT2D eigenvalue weighted by Crippen LogP contribution is 2.40. The van der Waals surface area contributed by atoms with Gasteiger partial charge in [-0.2, -0.15) is 4.98 Å². The number of pyridine rings is 2. The number of rotatable bonds is 6. The summed E-state index contributed by atoms with van der Waals surface area (Å²) < 4.78 is 31.4. The first-order valence-electron chi connectivity index (χ1n) is 14.4. The first-order valence-corrected chi connectivity index (χ1v) is 16.0. The molecule has 236 valence electrons. The molecule has 5 rings (SSSR count). The number of fused-ring (bicyclic) bond motifs is 1. The van der Waals surface area contributed by atoms with Gasteiger partial charge in [0.1, 0.15) is 5.82 Å². The van der Waals surface area contributed by atoms with Crippen LogP contribution in [0.5, 0.6) is 0 Å². The summed E-state index contributed by atoms with van der Waals surface area (Å²) in [7, 11) is 0. The third kappa shape index (κ3) is 5.54. The highest BCUT2D eigenvalue weighted by Gasteiger charge is 2.34. The van der Waals surface area contributed by atoms with Gasteiger partial charge in [-0.3, -0.25) is 9.78 Å². The number of halogens is 3. The number of nitrogens with two attached hydrogens (primary N) is 1. The fourth-order valence-electron chi connectivity index (χ4n) is 5.81. The third-order valence-electron chi connectivity index (χ3n) is 8.13. The van der Waals surface area contributed by atoms with Gasteiger partial charge in [0.15, 0.2) is 17.3 Å². The first-order chi connectivity index (χ1) is 21.3. The van der Waals surface area contributed by atoms with Crippen LogP contribution in [0.2, 0.25) is 5.02 Å². The van der Waals surface area contributed by atoms with Crippen LogP contribution in [-0.4, -0.2) is 61.8 Å². The molecule has 1 aliphatic heterocycles. The van der Waals surface area contributed by atoms with Gasteiger partial charge in [0.05, 0.1) is 33.0 Å². The van der Waals surface area contributed by atoms with Crippen LogP contribution in [0.3, 0.4) is 0 Å². The zero-order chi connectivity index (χ0) is 32.9. The summed E-state index contributed by atoms with van der Waals surface area (Å²) in [5, 5.41) is 0.400. The molecular weight excluding hydrogens is 620 g/mol. The number of piperazine rings is 1. The van der Waals surface area contributed by atoms with Crippen molar-refractivity contribution in [2.24, 2.45) is 0 Å². The Morgan fingerprint density at radius 3 is 2.56 bits per heavy atom. The van der Waals surface area contributed by atoms with Crippen molar-refractivity contribution in [2.45, 2.75) is 57.5 Å². The lowest BCUT2D eigenvalue weighted by Gasteiger charge is -2.44. The van der Waals surface area contributed by atoms with E-state index in [1.807, 2.05) is 38.9 Å². The molecule has 0 saturated carbocycles. The van der Waals surface area contributed by atoms with E-state index in [1.165, 1.54) is 22.4 Å². The second kappa shape index (κ2) is 12.4. The lowest BCUT2D eigenvalue weighted by Crippen LogP contribution is -2.58. The molecule has 9 nitrogen and oxygen atoms in total. The Hall–Kier alpha value is -4.03. The number of aryl methyl sites for hydroxylation is 1. The van der Waals surface area contributed by atoms with Crippen LogP contribution in [0.1, 0.15) is 44.9 Å². The molecule has 0 bridgehead atoms. The summed E-state index contributed by atoms with van der Waals surface area (Å²) in [5.41, 5.74) is 6.74. The highest BCUT2D eigenvalue weighted by atomic mass is 35.5. The molecule has 1 aliphatic rings. The van der Waals surface area contributed by atoms with Gasteiger partial charge in [-0.25, -0.2) is 23.1 Å². The average Bonchev–Trinajstić information content (AvgIpc) is 3.00. The molecule has 0 aliphatic carbocycles. The number of hydrogen-bond acceptors (Lipinski definition) is 8. The molecule has 0 radical (unpaired) electrons. The summed E-state index contributed by atoms with van der Waals surface area (Å²) in [6, 6.07) is 3.88. The van der Waals surface area contributed by atoms with Gasteiger partial charge in [0.2, 0.25) is 5.91 Å².